The number of alkyl halides is 3. The number of carboxylic acid groups (broad SMARTS) is 1. The van der Waals surface area contributed by atoms with E-state index in [0.29, 0.717) is 0 Å². The fraction of sp³-hybridized carbons (Fsp3) is 0.273. The van der Waals surface area contributed by atoms with E-state index in [1.807, 2.05) is 0 Å². The normalized spacial score (nSPS) is 11.2. The van der Waals surface area contributed by atoms with Gasteiger partial charge in [0.15, 0.2) is 0 Å². The molecule has 0 spiro atoms. The third kappa shape index (κ3) is 2.99. The maximum absolute atomic E-state index is 12.1. The van der Waals surface area contributed by atoms with E-state index in [1.165, 1.54) is 26.0 Å². The summed E-state index contributed by atoms with van der Waals surface area (Å²) in [6.07, 6.45) is -4.98. The van der Waals surface area contributed by atoms with Gasteiger partial charge in [0.2, 0.25) is 0 Å². The average Bonchev–Trinajstić information content (AvgIpc) is 2.21. The molecule has 98 valence electrons. The molecule has 18 heavy (non-hydrogen) atoms. The minimum absolute atomic E-state index is 0.0162. The van der Waals surface area contributed by atoms with E-state index < -0.39 is 18.1 Å². The van der Waals surface area contributed by atoms with Crippen molar-refractivity contribution in [1.82, 2.24) is 0 Å². The van der Waals surface area contributed by atoms with Gasteiger partial charge in [0.25, 0.3) is 0 Å². The van der Waals surface area contributed by atoms with Crippen LogP contribution in [-0.4, -0.2) is 23.2 Å². The molecule has 0 aliphatic carbocycles. The molecule has 7 heteroatoms. The van der Waals surface area contributed by atoms with Gasteiger partial charge in [-0.1, -0.05) is 0 Å². The van der Waals surface area contributed by atoms with Gasteiger partial charge < -0.3 is 10.4 Å². The van der Waals surface area contributed by atoms with Crippen molar-refractivity contribution in [3.63, 3.8) is 0 Å². The smallest absolute Gasteiger partial charge is 0.471 e. The summed E-state index contributed by atoms with van der Waals surface area (Å²) in [5.41, 5.74) is 0.443. The fourth-order valence-corrected chi connectivity index (χ4v) is 1.37. The van der Waals surface area contributed by atoms with E-state index >= 15 is 0 Å². The topological polar surface area (TPSA) is 66.4 Å². The zero-order valence-corrected chi connectivity index (χ0v) is 9.55. The fourth-order valence-electron chi connectivity index (χ4n) is 1.37. The summed E-state index contributed by atoms with van der Waals surface area (Å²) in [5.74, 6) is -3.27. The zero-order chi connectivity index (χ0) is 14.1. The van der Waals surface area contributed by atoms with Crippen LogP contribution in [0.1, 0.15) is 21.5 Å². The molecular weight excluding hydrogens is 251 g/mol. The van der Waals surface area contributed by atoms with Crippen molar-refractivity contribution < 1.29 is 27.9 Å². The molecule has 1 rings (SSSR count). The average molecular weight is 261 g/mol. The van der Waals surface area contributed by atoms with Gasteiger partial charge in [0, 0.05) is 5.69 Å². The highest BCUT2D eigenvalue weighted by atomic mass is 19.4. The molecule has 0 radical (unpaired) electrons. The number of hydrogen-bond donors (Lipinski definition) is 2. The van der Waals surface area contributed by atoms with Gasteiger partial charge in [-0.25, -0.2) is 4.79 Å². The molecule has 0 heterocycles. The molecule has 0 aromatic heterocycles. The lowest BCUT2D eigenvalue weighted by atomic mass is 10.0. The molecule has 1 aromatic rings. The maximum atomic E-state index is 12.1. The number of amides is 1. The van der Waals surface area contributed by atoms with Crippen LogP contribution in [0.4, 0.5) is 18.9 Å². The Hall–Kier alpha value is -2.05. The van der Waals surface area contributed by atoms with Gasteiger partial charge in [0.05, 0.1) is 5.56 Å². The van der Waals surface area contributed by atoms with E-state index in [-0.39, 0.29) is 22.4 Å². The van der Waals surface area contributed by atoms with Crippen LogP contribution in [0.25, 0.3) is 0 Å². The lowest BCUT2D eigenvalue weighted by Crippen LogP contribution is -2.30. The Balaban J connectivity index is 3.10. The first kappa shape index (κ1) is 14.0. The third-order valence-corrected chi connectivity index (χ3v) is 2.31. The summed E-state index contributed by atoms with van der Waals surface area (Å²) in [7, 11) is 0. The number of rotatable bonds is 2. The Bertz CT molecular complexity index is 509. The molecule has 0 aliphatic rings. The number of carbonyl (C=O) groups excluding carboxylic acids is 1. The van der Waals surface area contributed by atoms with Crippen molar-refractivity contribution in [2.75, 3.05) is 5.32 Å². The lowest BCUT2D eigenvalue weighted by Gasteiger charge is -2.12. The van der Waals surface area contributed by atoms with Gasteiger partial charge >= 0.3 is 18.1 Å². The van der Waals surface area contributed by atoms with Crippen LogP contribution in [-0.2, 0) is 4.79 Å². The second kappa shape index (κ2) is 4.67. The number of nitrogens with one attached hydrogen (secondary N) is 1. The van der Waals surface area contributed by atoms with Crippen molar-refractivity contribution in [3.8, 4) is 0 Å². The van der Waals surface area contributed by atoms with Crippen molar-refractivity contribution in [2.24, 2.45) is 0 Å². The number of benzene rings is 1. The molecule has 0 bridgehead atoms. The monoisotopic (exact) mass is 261 g/mol. The van der Waals surface area contributed by atoms with Crippen LogP contribution in [0.3, 0.4) is 0 Å². The van der Waals surface area contributed by atoms with Gasteiger partial charge in [0.1, 0.15) is 0 Å². The minimum atomic E-state index is -4.98. The molecule has 4 nitrogen and oxygen atoms in total. The number of hydrogen-bond acceptors (Lipinski definition) is 2. The van der Waals surface area contributed by atoms with Crippen LogP contribution in [0, 0.1) is 13.8 Å². The standard InChI is InChI=1S/C11H10F3NO3/c1-5-4-8(15-10(18)11(12,13)14)6(2)3-7(5)9(16)17/h3-4H,1-2H3,(H,15,18)(H,16,17). The number of aryl methyl sites for hydroxylation is 2. The number of anilines is 1. The van der Waals surface area contributed by atoms with E-state index in [0.717, 1.165) is 0 Å². The van der Waals surface area contributed by atoms with Gasteiger partial charge in [-0.05, 0) is 37.1 Å². The summed E-state index contributed by atoms with van der Waals surface area (Å²) in [5, 5.41) is 10.5. The summed E-state index contributed by atoms with van der Waals surface area (Å²) in [6, 6.07) is 2.41. The number of carbonyl (C=O) groups is 2. The minimum Gasteiger partial charge on any atom is -0.478 e. The van der Waals surface area contributed by atoms with Crippen LogP contribution in [0.5, 0.6) is 0 Å². The maximum Gasteiger partial charge on any atom is 0.471 e. The number of carboxylic acids is 1. The van der Waals surface area contributed by atoms with Crippen molar-refractivity contribution in [3.05, 3.63) is 28.8 Å². The van der Waals surface area contributed by atoms with Crippen molar-refractivity contribution in [2.45, 2.75) is 20.0 Å². The predicted molar refractivity (Wildman–Crippen MR) is 57.6 cm³/mol. The van der Waals surface area contributed by atoms with E-state index in [2.05, 4.69) is 0 Å². The Morgan fingerprint density at radius 1 is 1.17 bits per heavy atom. The third-order valence-electron chi connectivity index (χ3n) is 2.31. The Morgan fingerprint density at radius 2 is 1.72 bits per heavy atom. The molecule has 1 aromatic carbocycles. The molecule has 0 unspecified atom stereocenters. The zero-order valence-electron chi connectivity index (χ0n) is 9.55. The summed E-state index contributed by atoms with van der Waals surface area (Å²) in [6.45, 7) is 2.85. The first-order valence-electron chi connectivity index (χ1n) is 4.85. The quantitative estimate of drug-likeness (QED) is 0.859. The van der Waals surface area contributed by atoms with E-state index in [9.17, 15) is 22.8 Å². The lowest BCUT2D eigenvalue weighted by molar-refractivity contribution is -0.167. The SMILES string of the molecule is Cc1cc(C(=O)O)c(C)cc1NC(=O)C(F)(F)F. The molecule has 0 fully saturated rings. The highest BCUT2D eigenvalue weighted by Gasteiger charge is 2.38. The molecule has 2 N–H and O–H groups in total. The van der Waals surface area contributed by atoms with Gasteiger partial charge in [-0.15, -0.1) is 0 Å². The summed E-state index contributed by atoms with van der Waals surface area (Å²) < 4.78 is 36.2. The number of halogens is 3. The number of aromatic carboxylic acids is 1. The largest absolute Gasteiger partial charge is 0.478 e. The first-order chi connectivity index (χ1) is 8.12. The second-order valence-corrected chi connectivity index (χ2v) is 3.74. The van der Waals surface area contributed by atoms with Gasteiger partial charge in [-0.2, -0.15) is 13.2 Å². The van der Waals surface area contributed by atoms with Crippen LogP contribution >= 0.6 is 0 Å². The highest BCUT2D eigenvalue weighted by Crippen LogP contribution is 2.23. The van der Waals surface area contributed by atoms with Crippen LogP contribution in [0.2, 0.25) is 0 Å². The molecule has 0 atom stereocenters. The molecule has 0 saturated heterocycles. The molecular formula is C11H10F3NO3. The van der Waals surface area contributed by atoms with Crippen molar-refractivity contribution >= 4 is 17.6 Å². The van der Waals surface area contributed by atoms with Gasteiger partial charge in [-0.3, -0.25) is 4.79 Å². The van der Waals surface area contributed by atoms with E-state index in [4.69, 9.17) is 5.11 Å². The predicted octanol–water partition coefficient (Wildman–Crippen LogP) is 2.50. The molecule has 1 amide bonds. The summed E-state index contributed by atoms with van der Waals surface area (Å²) >= 11 is 0. The molecule has 0 aliphatic heterocycles. The Morgan fingerprint density at radius 3 is 2.17 bits per heavy atom. The van der Waals surface area contributed by atoms with Crippen LogP contribution in [0.15, 0.2) is 12.1 Å². The summed E-state index contributed by atoms with van der Waals surface area (Å²) in [4.78, 5) is 21.6. The van der Waals surface area contributed by atoms with Crippen molar-refractivity contribution in [1.29, 1.82) is 0 Å². The van der Waals surface area contributed by atoms with E-state index in [1.54, 1.807) is 5.32 Å². The van der Waals surface area contributed by atoms with Crippen LogP contribution < -0.4 is 5.32 Å². The Labute approximate surface area is 100 Å². The Kier molecular flexibility index (Phi) is 3.64. The first-order valence-corrected chi connectivity index (χ1v) is 4.85. The molecule has 0 saturated carbocycles. The second-order valence-electron chi connectivity index (χ2n) is 3.74. The highest BCUT2D eigenvalue weighted by molar-refractivity contribution is 5.97.